The second kappa shape index (κ2) is 20.1. The van der Waals surface area contributed by atoms with E-state index in [-0.39, 0.29) is 36.5 Å². The quantitative estimate of drug-likeness (QED) is 0.185. The van der Waals surface area contributed by atoms with Crippen LogP contribution in [0.2, 0.25) is 0 Å². The van der Waals surface area contributed by atoms with Gasteiger partial charge in [-0.1, -0.05) is 96.8 Å². The fourth-order valence-corrected chi connectivity index (χ4v) is 3.32. The molecule has 0 aromatic heterocycles. The average Bonchev–Trinajstić information content (AvgIpc) is 2.58. The molecule has 0 bridgehead atoms. The van der Waals surface area contributed by atoms with Crippen LogP contribution in [0, 0.1) is 0 Å². The Morgan fingerprint density at radius 1 is 0.692 bits per heavy atom. The van der Waals surface area contributed by atoms with Crippen LogP contribution in [-0.4, -0.2) is 42.7 Å². The van der Waals surface area contributed by atoms with E-state index in [4.69, 9.17) is 5.11 Å². The molecule has 0 radical (unpaired) electrons. The third-order valence-corrected chi connectivity index (χ3v) is 5.33. The summed E-state index contributed by atoms with van der Waals surface area (Å²) in [6.45, 7) is 2.88. The SMILES string of the molecule is CCCCCCCCCCCCCCCCCC(=O)[N+](C)(C)CCO.[I-]. The number of quaternary nitrogens is 1. The van der Waals surface area contributed by atoms with E-state index in [0.29, 0.717) is 17.4 Å². The second-order valence-corrected chi connectivity index (χ2v) is 8.23. The molecule has 0 saturated heterocycles. The van der Waals surface area contributed by atoms with E-state index in [0.717, 1.165) is 6.42 Å². The number of hydrogen-bond acceptors (Lipinski definition) is 2. The van der Waals surface area contributed by atoms with Crippen molar-refractivity contribution in [3.05, 3.63) is 0 Å². The van der Waals surface area contributed by atoms with Gasteiger partial charge in [0.2, 0.25) is 0 Å². The van der Waals surface area contributed by atoms with E-state index in [2.05, 4.69) is 6.92 Å². The summed E-state index contributed by atoms with van der Waals surface area (Å²) < 4.78 is 0.315. The predicted molar refractivity (Wildman–Crippen MR) is 109 cm³/mol. The molecule has 158 valence electrons. The molecule has 0 spiro atoms. The number of hydrogen-bond donors (Lipinski definition) is 1. The van der Waals surface area contributed by atoms with Gasteiger partial charge in [-0.3, -0.25) is 4.48 Å². The van der Waals surface area contributed by atoms with Gasteiger partial charge in [0.25, 0.3) is 0 Å². The van der Waals surface area contributed by atoms with E-state index in [9.17, 15) is 4.79 Å². The van der Waals surface area contributed by atoms with Crippen LogP contribution < -0.4 is 24.0 Å². The maximum Gasteiger partial charge on any atom is 0.313 e. The van der Waals surface area contributed by atoms with Gasteiger partial charge < -0.3 is 29.1 Å². The molecule has 0 atom stereocenters. The first-order valence-electron chi connectivity index (χ1n) is 11.0. The highest BCUT2D eigenvalue weighted by Crippen LogP contribution is 2.14. The van der Waals surface area contributed by atoms with Gasteiger partial charge in [-0.25, -0.2) is 4.79 Å². The number of carbonyl (C=O) groups is 1. The Labute approximate surface area is 180 Å². The molecule has 0 fully saturated rings. The highest BCUT2D eigenvalue weighted by molar-refractivity contribution is 5.68. The Morgan fingerprint density at radius 3 is 1.38 bits per heavy atom. The van der Waals surface area contributed by atoms with Gasteiger partial charge in [0.1, 0.15) is 6.54 Å². The van der Waals surface area contributed by atoms with Crippen molar-refractivity contribution in [3.8, 4) is 0 Å². The summed E-state index contributed by atoms with van der Waals surface area (Å²) >= 11 is 0. The molecule has 0 aromatic rings. The van der Waals surface area contributed by atoms with Crippen molar-refractivity contribution < 1.29 is 38.4 Å². The van der Waals surface area contributed by atoms with Crippen molar-refractivity contribution in [2.45, 2.75) is 110 Å². The van der Waals surface area contributed by atoms with Crippen LogP contribution >= 0.6 is 0 Å². The number of amides is 1. The Morgan fingerprint density at radius 2 is 1.04 bits per heavy atom. The summed E-state index contributed by atoms with van der Waals surface area (Å²) in [7, 11) is 3.79. The first-order valence-corrected chi connectivity index (χ1v) is 11.0. The molecule has 3 nitrogen and oxygen atoms in total. The first-order chi connectivity index (χ1) is 12.0. The Bertz CT molecular complexity index is 309. The summed E-state index contributed by atoms with van der Waals surface area (Å²) in [5.74, 6) is 0.253. The highest BCUT2D eigenvalue weighted by atomic mass is 127. The molecule has 1 amide bonds. The lowest BCUT2D eigenvalue weighted by Crippen LogP contribution is -3.00. The number of halogens is 1. The molecule has 1 N–H and O–H groups in total. The van der Waals surface area contributed by atoms with Crippen molar-refractivity contribution in [3.63, 3.8) is 0 Å². The number of aliphatic hydroxyl groups is 1. The largest absolute Gasteiger partial charge is 1.00 e. The fourth-order valence-electron chi connectivity index (χ4n) is 3.32. The summed E-state index contributed by atoms with van der Waals surface area (Å²) in [6.07, 6.45) is 20.9. The molecule has 0 unspecified atom stereocenters. The zero-order valence-electron chi connectivity index (χ0n) is 17.9. The molecular weight excluding hydrogens is 437 g/mol. The first kappa shape index (κ1) is 28.5. The fraction of sp³-hybridized carbons (Fsp3) is 0.955. The molecule has 4 heteroatoms. The minimum Gasteiger partial charge on any atom is -1.00 e. The number of rotatable bonds is 18. The van der Waals surface area contributed by atoms with Gasteiger partial charge in [-0.2, -0.15) is 0 Å². The molecule has 0 aliphatic heterocycles. The van der Waals surface area contributed by atoms with Gasteiger partial charge >= 0.3 is 5.91 Å². The number of carbonyl (C=O) groups excluding carboxylic acids is 1. The van der Waals surface area contributed by atoms with Crippen LogP contribution in [0.4, 0.5) is 0 Å². The highest BCUT2D eigenvalue weighted by Gasteiger charge is 2.24. The maximum atomic E-state index is 12.0. The smallest absolute Gasteiger partial charge is 0.313 e. The van der Waals surface area contributed by atoms with Gasteiger partial charge in [0.15, 0.2) is 0 Å². The van der Waals surface area contributed by atoms with Crippen molar-refractivity contribution in [1.29, 1.82) is 0 Å². The molecule has 0 heterocycles. The van der Waals surface area contributed by atoms with Crippen molar-refractivity contribution in [2.24, 2.45) is 0 Å². The second-order valence-electron chi connectivity index (χ2n) is 8.23. The van der Waals surface area contributed by atoms with Crippen LogP contribution in [-0.2, 0) is 4.79 Å². The third kappa shape index (κ3) is 17.7. The maximum absolute atomic E-state index is 12.0. The van der Waals surface area contributed by atoms with Crippen LogP contribution in [0.1, 0.15) is 110 Å². The van der Waals surface area contributed by atoms with Gasteiger partial charge in [0.05, 0.1) is 27.1 Å². The Kier molecular flexibility index (Phi) is 22.0. The summed E-state index contributed by atoms with van der Waals surface area (Å²) in [4.78, 5) is 12.0. The van der Waals surface area contributed by atoms with E-state index in [1.807, 2.05) is 14.1 Å². The van der Waals surface area contributed by atoms with Crippen LogP contribution in [0.5, 0.6) is 0 Å². The van der Waals surface area contributed by atoms with Crippen molar-refractivity contribution in [2.75, 3.05) is 27.2 Å². The zero-order chi connectivity index (χ0) is 18.8. The van der Waals surface area contributed by atoms with Crippen LogP contribution in [0.15, 0.2) is 0 Å². The topological polar surface area (TPSA) is 37.3 Å². The molecule has 0 rings (SSSR count). The van der Waals surface area contributed by atoms with Crippen LogP contribution in [0.3, 0.4) is 0 Å². The number of nitrogens with zero attached hydrogens (tertiary/aromatic N) is 1. The molecule has 0 aliphatic rings. The normalized spacial score (nSPS) is 11.4. The molecule has 0 aliphatic carbocycles. The molecular formula is C22H46INO2. The number of likely N-dealkylation sites (N-methyl/N-ethyl adjacent to an activating group) is 1. The number of unbranched alkanes of at least 4 members (excludes halogenated alkanes) is 14. The monoisotopic (exact) mass is 483 g/mol. The predicted octanol–water partition coefficient (Wildman–Crippen LogP) is 2.85. The van der Waals surface area contributed by atoms with Gasteiger partial charge in [-0.05, 0) is 6.42 Å². The van der Waals surface area contributed by atoms with E-state index < -0.39 is 0 Å². The van der Waals surface area contributed by atoms with Crippen molar-refractivity contribution in [1.82, 2.24) is 0 Å². The lowest BCUT2D eigenvalue weighted by Gasteiger charge is -2.25. The van der Waals surface area contributed by atoms with Crippen molar-refractivity contribution >= 4 is 5.91 Å². The zero-order valence-corrected chi connectivity index (χ0v) is 20.1. The van der Waals surface area contributed by atoms with E-state index in [1.165, 1.54) is 89.9 Å². The minimum absolute atomic E-state index is 0. The summed E-state index contributed by atoms with van der Waals surface area (Å²) in [5, 5.41) is 8.99. The van der Waals surface area contributed by atoms with E-state index >= 15 is 0 Å². The van der Waals surface area contributed by atoms with Gasteiger partial charge in [0, 0.05) is 0 Å². The lowest BCUT2D eigenvalue weighted by atomic mass is 10.0. The molecule has 0 saturated carbocycles. The standard InChI is InChI=1S/C22H46NO2.HI/c1-4-5-6-7-8-9-10-11-12-13-14-15-16-17-18-19-22(25)23(2,3)20-21-24;/h24H,4-21H2,1-3H3;1H/q+1;/p-1. The van der Waals surface area contributed by atoms with Crippen LogP contribution in [0.25, 0.3) is 0 Å². The third-order valence-electron chi connectivity index (χ3n) is 5.33. The molecule has 26 heavy (non-hydrogen) atoms. The average molecular weight is 484 g/mol. The van der Waals surface area contributed by atoms with Gasteiger partial charge in [-0.15, -0.1) is 0 Å². The number of aliphatic hydroxyl groups excluding tert-OH is 1. The Balaban J connectivity index is 0. The summed E-state index contributed by atoms with van der Waals surface area (Å²) in [5.41, 5.74) is 0. The Hall–Kier alpha value is 0.320. The minimum atomic E-state index is 0. The van der Waals surface area contributed by atoms with E-state index in [1.54, 1.807) is 0 Å². The lowest BCUT2D eigenvalue weighted by molar-refractivity contribution is -0.814. The molecule has 0 aromatic carbocycles. The summed E-state index contributed by atoms with van der Waals surface area (Å²) in [6, 6.07) is 0.